The third-order valence-electron chi connectivity index (χ3n) is 4.37. The van der Waals surface area contributed by atoms with Gasteiger partial charge >= 0.3 is 0 Å². The first-order valence-electron chi connectivity index (χ1n) is 9.33. The number of nitrogens with zero attached hydrogens (tertiary/aromatic N) is 5. The first-order valence-corrected chi connectivity index (χ1v) is 10.1. The molecule has 0 aliphatic heterocycles. The van der Waals surface area contributed by atoms with Crippen LogP contribution < -0.4 is 10.6 Å². The summed E-state index contributed by atoms with van der Waals surface area (Å²) < 4.78 is 1.59. The van der Waals surface area contributed by atoms with Crippen molar-refractivity contribution >= 4 is 34.2 Å². The smallest absolute Gasteiger partial charge is 0.271 e. The first-order chi connectivity index (χ1) is 13.7. The lowest BCUT2D eigenvalue weighted by Gasteiger charge is -2.17. The number of amides is 2. The van der Waals surface area contributed by atoms with Crippen molar-refractivity contribution in [2.75, 3.05) is 6.54 Å². The van der Waals surface area contributed by atoms with Gasteiger partial charge in [0.25, 0.3) is 11.8 Å². The van der Waals surface area contributed by atoms with Crippen molar-refractivity contribution in [2.24, 2.45) is 12.5 Å². The summed E-state index contributed by atoms with van der Waals surface area (Å²) >= 11 is 1.26. The molecular formula is C19H25N7O2S. The normalized spacial score (nSPS) is 12.7. The van der Waals surface area contributed by atoms with E-state index in [-0.39, 0.29) is 29.0 Å². The van der Waals surface area contributed by atoms with Gasteiger partial charge in [-0.25, -0.2) is 15.0 Å². The maximum Gasteiger partial charge on any atom is 0.271 e. The van der Waals surface area contributed by atoms with Gasteiger partial charge in [-0.3, -0.25) is 14.3 Å². The number of aromatic nitrogens is 5. The Balaban J connectivity index is 1.64. The SMILES string of the molecule is CC(NC(=O)c1ncnc2c1cnn2C)c1ncc(C(=O)NCCC(C)(C)C)s1. The standard InChI is InChI=1S/C19H25N7O2S/c1-11(18-21-9-13(29-18)16(27)20-7-6-19(2,3)4)25-17(28)14-12-8-24-26(5)15(12)23-10-22-14/h8-11H,6-7H2,1-5H3,(H,20,27)(H,25,28). The van der Waals surface area contributed by atoms with Crippen molar-refractivity contribution in [1.29, 1.82) is 0 Å². The molecule has 2 amide bonds. The molecule has 10 heteroatoms. The third kappa shape index (κ3) is 4.94. The van der Waals surface area contributed by atoms with Crippen molar-refractivity contribution < 1.29 is 9.59 Å². The zero-order valence-electron chi connectivity index (χ0n) is 17.2. The molecule has 2 N–H and O–H groups in total. The number of thiazole rings is 1. The molecule has 3 heterocycles. The van der Waals surface area contributed by atoms with Gasteiger partial charge in [-0.1, -0.05) is 20.8 Å². The van der Waals surface area contributed by atoms with Gasteiger partial charge in [0.15, 0.2) is 5.65 Å². The Morgan fingerprint density at radius 2 is 1.93 bits per heavy atom. The number of carbonyl (C=O) groups is 2. The van der Waals surface area contributed by atoms with Gasteiger partial charge in [0, 0.05) is 13.6 Å². The highest BCUT2D eigenvalue weighted by atomic mass is 32.1. The summed E-state index contributed by atoms with van der Waals surface area (Å²) in [6, 6.07) is -0.370. The van der Waals surface area contributed by atoms with Crippen molar-refractivity contribution in [3.63, 3.8) is 0 Å². The fourth-order valence-electron chi connectivity index (χ4n) is 2.70. The topological polar surface area (TPSA) is 115 Å². The van der Waals surface area contributed by atoms with E-state index in [2.05, 4.69) is 51.5 Å². The van der Waals surface area contributed by atoms with Gasteiger partial charge in [0.1, 0.15) is 21.9 Å². The van der Waals surface area contributed by atoms with Crippen LogP contribution in [0, 0.1) is 5.41 Å². The first kappa shape index (κ1) is 20.8. The Hall–Kier alpha value is -2.88. The highest BCUT2D eigenvalue weighted by Gasteiger charge is 2.20. The molecule has 0 aliphatic rings. The predicted molar refractivity (Wildman–Crippen MR) is 111 cm³/mol. The van der Waals surface area contributed by atoms with E-state index in [4.69, 9.17) is 0 Å². The number of fused-ring (bicyclic) bond motifs is 1. The molecule has 0 bridgehead atoms. The molecular weight excluding hydrogens is 390 g/mol. The fraction of sp³-hybridized carbons (Fsp3) is 0.474. The monoisotopic (exact) mass is 415 g/mol. The highest BCUT2D eigenvalue weighted by molar-refractivity contribution is 7.13. The quantitative estimate of drug-likeness (QED) is 0.639. The summed E-state index contributed by atoms with van der Waals surface area (Å²) in [6.07, 6.45) is 5.34. The number of hydrogen-bond acceptors (Lipinski definition) is 7. The lowest BCUT2D eigenvalue weighted by molar-refractivity contribution is 0.0933. The second-order valence-corrected chi connectivity index (χ2v) is 9.11. The van der Waals surface area contributed by atoms with Crippen molar-refractivity contribution in [2.45, 2.75) is 40.2 Å². The Labute approximate surface area is 173 Å². The van der Waals surface area contributed by atoms with Crippen molar-refractivity contribution in [1.82, 2.24) is 35.4 Å². The second-order valence-electron chi connectivity index (χ2n) is 8.05. The van der Waals surface area contributed by atoms with Crippen LogP contribution >= 0.6 is 11.3 Å². The van der Waals surface area contributed by atoms with Gasteiger partial charge < -0.3 is 10.6 Å². The molecule has 0 aromatic carbocycles. The van der Waals surface area contributed by atoms with Crippen LogP contribution in [0.1, 0.15) is 65.3 Å². The van der Waals surface area contributed by atoms with E-state index >= 15 is 0 Å². The number of carbonyl (C=O) groups excluding carboxylic acids is 2. The van der Waals surface area contributed by atoms with Crippen LogP contribution in [0.15, 0.2) is 18.7 Å². The van der Waals surface area contributed by atoms with E-state index in [1.165, 1.54) is 17.7 Å². The summed E-state index contributed by atoms with van der Waals surface area (Å²) in [4.78, 5) is 38.0. The molecule has 0 spiro atoms. The van der Waals surface area contributed by atoms with Gasteiger partial charge in [0.2, 0.25) is 0 Å². The molecule has 1 unspecified atom stereocenters. The summed E-state index contributed by atoms with van der Waals surface area (Å²) in [5.74, 6) is -0.492. The third-order valence-corrected chi connectivity index (χ3v) is 5.55. The van der Waals surface area contributed by atoms with Crippen LogP contribution in [0.5, 0.6) is 0 Å². The minimum Gasteiger partial charge on any atom is -0.351 e. The summed E-state index contributed by atoms with van der Waals surface area (Å²) in [6.45, 7) is 8.82. The molecule has 0 fully saturated rings. The van der Waals surface area contributed by atoms with Gasteiger partial charge in [0.05, 0.1) is 23.8 Å². The van der Waals surface area contributed by atoms with Crippen LogP contribution in [0.2, 0.25) is 0 Å². The Morgan fingerprint density at radius 3 is 2.66 bits per heavy atom. The van der Waals surface area contributed by atoms with Crippen LogP contribution in [0.3, 0.4) is 0 Å². The van der Waals surface area contributed by atoms with Gasteiger partial charge in [-0.05, 0) is 18.8 Å². The number of aryl methyl sites for hydroxylation is 1. The molecule has 3 rings (SSSR count). The lowest BCUT2D eigenvalue weighted by atomic mass is 9.92. The molecule has 3 aromatic heterocycles. The molecule has 29 heavy (non-hydrogen) atoms. The number of rotatable bonds is 6. The Morgan fingerprint density at radius 1 is 1.17 bits per heavy atom. The summed E-state index contributed by atoms with van der Waals surface area (Å²) in [5.41, 5.74) is 0.999. The molecule has 0 aliphatic carbocycles. The van der Waals surface area contributed by atoms with E-state index in [0.29, 0.717) is 27.5 Å². The maximum absolute atomic E-state index is 12.7. The molecule has 1 atom stereocenters. The van der Waals surface area contributed by atoms with E-state index < -0.39 is 0 Å². The Kier molecular flexibility index (Phi) is 5.92. The molecule has 0 saturated carbocycles. The van der Waals surface area contributed by atoms with Gasteiger partial charge in [-0.15, -0.1) is 11.3 Å². The van der Waals surface area contributed by atoms with Gasteiger partial charge in [-0.2, -0.15) is 5.10 Å². The molecule has 0 saturated heterocycles. The Bertz CT molecular complexity index is 1030. The lowest BCUT2D eigenvalue weighted by Crippen LogP contribution is -2.27. The minimum absolute atomic E-state index is 0.149. The maximum atomic E-state index is 12.7. The van der Waals surface area contributed by atoms with Crippen molar-refractivity contribution in [3.8, 4) is 0 Å². The largest absolute Gasteiger partial charge is 0.351 e. The van der Waals surface area contributed by atoms with E-state index in [9.17, 15) is 9.59 Å². The highest BCUT2D eigenvalue weighted by Crippen LogP contribution is 2.22. The summed E-state index contributed by atoms with van der Waals surface area (Å²) in [5, 5.41) is 11.1. The van der Waals surface area contributed by atoms with Crippen LogP contribution in [-0.4, -0.2) is 43.1 Å². The number of nitrogens with one attached hydrogen (secondary N) is 2. The second kappa shape index (κ2) is 8.24. The zero-order chi connectivity index (χ0) is 21.2. The molecule has 9 nitrogen and oxygen atoms in total. The molecule has 154 valence electrons. The van der Waals surface area contributed by atoms with E-state index in [1.807, 2.05) is 6.92 Å². The fourth-order valence-corrected chi connectivity index (χ4v) is 3.54. The van der Waals surface area contributed by atoms with E-state index in [0.717, 1.165) is 6.42 Å². The average molecular weight is 416 g/mol. The van der Waals surface area contributed by atoms with E-state index in [1.54, 1.807) is 24.1 Å². The van der Waals surface area contributed by atoms with Crippen LogP contribution in [-0.2, 0) is 7.05 Å². The van der Waals surface area contributed by atoms with Crippen molar-refractivity contribution in [3.05, 3.63) is 34.3 Å². The molecule has 0 radical (unpaired) electrons. The molecule has 3 aromatic rings. The number of hydrogen-bond donors (Lipinski definition) is 2. The predicted octanol–water partition coefficient (Wildman–Crippen LogP) is 2.48. The zero-order valence-corrected chi connectivity index (χ0v) is 18.0. The minimum atomic E-state index is -0.370. The van der Waals surface area contributed by atoms with Crippen LogP contribution in [0.25, 0.3) is 11.0 Å². The average Bonchev–Trinajstić information content (AvgIpc) is 3.28. The summed E-state index contributed by atoms with van der Waals surface area (Å²) in [7, 11) is 1.75. The van der Waals surface area contributed by atoms with Crippen LogP contribution in [0.4, 0.5) is 0 Å².